The van der Waals surface area contributed by atoms with E-state index in [1.54, 1.807) is 12.1 Å². The summed E-state index contributed by atoms with van der Waals surface area (Å²) in [4.78, 5) is 27.9. The monoisotopic (exact) mass is 382 g/mol. The van der Waals surface area contributed by atoms with Gasteiger partial charge in [0.15, 0.2) is 5.96 Å². The van der Waals surface area contributed by atoms with Crippen molar-refractivity contribution in [3.63, 3.8) is 0 Å². The maximum atomic E-state index is 12.4. The summed E-state index contributed by atoms with van der Waals surface area (Å²) in [5.41, 5.74) is 24.7. The summed E-state index contributed by atoms with van der Waals surface area (Å²) in [6.07, 6.45) is 0.810. The molecule has 2 amide bonds. The van der Waals surface area contributed by atoms with E-state index >= 15 is 0 Å². The quantitative estimate of drug-likeness (QED) is 0.240. The minimum absolute atomic E-state index is 0.0272. The van der Waals surface area contributed by atoms with Gasteiger partial charge in [-0.25, -0.2) is 0 Å². The van der Waals surface area contributed by atoms with Crippen LogP contribution in [-0.4, -0.2) is 30.4 Å². The fourth-order valence-corrected chi connectivity index (χ4v) is 2.72. The second-order valence-corrected chi connectivity index (χ2v) is 6.38. The molecule has 8 nitrogen and oxygen atoms in total. The van der Waals surface area contributed by atoms with Crippen LogP contribution in [0.2, 0.25) is 0 Å². The highest BCUT2D eigenvalue weighted by Crippen LogP contribution is 2.21. The van der Waals surface area contributed by atoms with Crippen molar-refractivity contribution in [3.8, 4) is 11.1 Å². The first-order chi connectivity index (χ1) is 13.4. The largest absolute Gasteiger partial charge is 0.370 e. The van der Waals surface area contributed by atoms with E-state index < -0.39 is 23.9 Å². The van der Waals surface area contributed by atoms with Crippen LogP contribution in [-0.2, 0) is 9.59 Å². The normalized spacial score (nSPS) is 12.6. The van der Waals surface area contributed by atoms with E-state index in [0.29, 0.717) is 24.9 Å². The molecule has 2 unspecified atom stereocenters. The van der Waals surface area contributed by atoms with Crippen LogP contribution in [0.4, 0.5) is 0 Å². The number of aliphatic imine (C=N–C) groups is 1. The van der Waals surface area contributed by atoms with Gasteiger partial charge >= 0.3 is 0 Å². The number of amides is 2. The number of guanidine groups is 1. The summed E-state index contributed by atoms with van der Waals surface area (Å²) in [5, 5.41) is 2.60. The van der Waals surface area contributed by atoms with E-state index in [1.165, 1.54) is 0 Å². The average Bonchev–Trinajstić information content (AvgIpc) is 2.70. The van der Waals surface area contributed by atoms with Crippen molar-refractivity contribution in [3.05, 3.63) is 60.2 Å². The Labute approximate surface area is 164 Å². The van der Waals surface area contributed by atoms with Gasteiger partial charge in [0, 0.05) is 6.54 Å². The highest BCUT2D eigenvalue weighted by Gasteiger charge is 2.22. The molecule has 8 heteroatoms. The first-order valence-corrected chi connectivity index (χ1v) is 8.94. The molecule has 2 aromatic rings. The van der Waals surface area contributed by atoms with Crippen LogP contribution in [0.5, 0.6) is 0 Å². The van der Waals surface area contributed by atoms with E-state index in [2.05, 4.69) is 10.3 Å². The summed E-state index contributed by atoms with van der Waals surface area (Å²) in [6, 6.07) is 15.5. The van der Waals surface area contributed by atoms with Gasteiger partial charge in [-0.1, -0.05) is 54.6 Å². The number of nitrogens with one attached hydrogen (secondary N) is 1. The third-order valence-corrected chi connectivity index (χ3v) is 4.26. The third-order valence-electron chi connectivity index (χ3n) is 4.26. The number of benzene rings is 2. The van der Waals surface area contributed by atoms with Gasteiger partial charge in [-0.05, 0) is 29.5 Å². The van der Waals surface area contributed by atoms with Gasteiger partial charge in [0.2, 0.25) is 11.8 Å². The topological polar surface area (TPSA) is 163 Å². The molecular weight excluding hydrogens is 356 g/mol. The maximum absolute atomic E-state index is 12.4. The standard InChI is InChI=1S/C20H26N6O2/c21-17(15-10-8-14(9-11-15)13-5-2-1-3-6-13)19(28)26-16(18(22)27)7-4-12-25-20(23)24/h1-3,5-6,8-11,16-17H,4,7,12,21H2,(H2,22,27)(H,26,28)(H4,23,24,25). The lowest BCUT2D eigenvalue weighted by molar-refractivity contribution is -0.128. The van der Waals surface area contributed by atoms with Gasteiger partial charge in [0.05, 0.1) is 0 Å². The number of carbonyl (C=O) groups is 2. The predicted octanol–water partition coefficient (Wildman–Crippen LogP) is 0.377. The Morgan fingerprint density at radius 3 is 2.11 bits per heavy atom. The van der Waals surface area contributed by atoms with Crippen molar-refractivity contribution in [2.75, 3.05) is 6.54 Å². The van der Waals surface area contributed by atoms with Crippen LogP contribution in [0, 0.1) is 0 Å². The molecule has 0 aromatic heterocycles. The van der Waals surface area contributed by atoms with Gasteiger partial charge < -0.3 is 28.3 Å². The Morgan fingerprint density at radius 1 is 0.929 bits per heavy atom. The molecule has 0 saturated carbocycles. The third kappa shape index (κ3) is 6.10. The number of hydrogen-bond acceptors (Lipinski definition) is 4. The Morgan fingerprint density at radius 2 is 1.54 bits per heavy atom. The molecule has 2 aromatic carbocycles. The summed E-state index contributed by atoms with van der Waals surface area (Å²) in [6.45, 7) is 0.342. The molecule has 0 radical (unpaired) electrons. The maximum Gasteiger partial charge on any atom is 0.242 e. The number of primary amides is 1. The molecular formula is C20H26N6O2. The molecule has 2 atom stereocenters. The van der Waals surface area contributed by atoms with Crippen LogP contribution >= 0.6 is 0 Å². The Balaban J connectivity index is 1.98. The van der Waals surface area contributed by atoms with Gasteiger partial charge in [0.25, 0.3) is 0 Å². The molecule has 0 aliphatic heterocycles. The lowest BCUT2D eigenvalue weighted by Crippen LogP contribution is -2.47. The minimum Gasteiger partial charge on any atom is -0.370 e. The van der Waals surface area contributed by atoms with E-state index in [4.69, 9.17) is 22.9 Å². The zero-order valence-electron chi connectivity index (χ0n) is 15.5. The molecule has 0 aliphatic carbocycles. The van der Waals surface area contributed by atoms with Gasteiger partial charge in [0.1, 0.15) is 12.1 Å². The van der Waals surface area contributed by atoms with E-state index in [-0.39, 0.29) is 5.96 Å². The number of nitrogens with zero attached hydrogens (tertiary/aromatic N) is 1. The number of rotatable bonds is 9. The first kappa shape index (κ1) is 20.9. The smallest absolute Gasteiger partial charge is 0.242 e. The van der Waals surface area contributed by atoms with Crippen molar-refractivity contribution >= 4 is 17.8 Å². The van der Waals surface area contributed by atoms with Gasteiger partial charge in [-0.3, -0.25) is 14.6 Å². The zero-order valence-corrected chi connectivity index (χ0v) is 15.5. The lowest BCUT2D eigenvalue weighted by Gasteiger charge is -2.19. The molecule has 0 aliphatic rings. The summed E-state index contributed by atoms with van der Waals surface area (Å²) < 4.78 is 0. The molecule has 148 valence electrons. The lowest BCUT2D eigenvalue weighted by atomic mass is 10.0. The Kier molecular flexibility index (Phi) is 7.53. The van der Waals surface area contributed by atoms with Crippen LogP contribution in [0.15, 0.2) is 59.6 Å². The van der Waals surface area contributed by atoms with Crippen molar-refractivity contribution in [1.82, 2.24) is 5.32 Å². The fraction of sp³-hybridized carbons (Fsp3) is 0.250. The first-order valence-electron chi connectivity index (χ1n) is 8.94. The highest BCUT2D eigenvalue weighted by molar-refractivity contribution is 5.89. The number of carbonyl (C=O) groups excluding carboxylic acids is 2. The second-order valence-electron chi connectivity index (χ2n) is 6.38. The minimum atomic E-state index is -0.913. The predicted molar refractivity (Wildman–Crippen MR) is 110 cm³/mol. The highest BCUT2D eigenvalue weighted by atomic mass is 16.2. The number of nitrogens with two attached hydrogens (primary N) is 4. The Bertz CT molecular complexity index is 816. The van der Waals surface area contributed by atoms with E-state index in [0.717, 1.165) is 11.1 Å². The second kappa shape index (κ2) is 10.1. The fourth-order valence-electron chi connectivity index (χ4n) is 2.72. The summed E-state index contributed by atoms with van der Waals surface area (Å²) in [5.74, 6) is -1.14. The van der Waals surface area contributed by atoms with Crippen molar-refractivity contribution in [1.29, 1.82) is 0 Å². The Hall–Kier alpha value is -3.39. The molecule has 0 heterocycles. The molecule has 0 fully saturated rings. The van der Waals surface area contributed by atoms with Gasteiger partial charge in [-0.2, -0.15) is 0 Å². The van der Waals surface area contributed by atoms with Crippen molar-refractivity contribution < 1.29 is 9.59 Å². The molecule has 0 bridgehead atoms. The number of hydrogen-bond donors (Lipinski definition) is 5. The van der Waals surface area contributed by atoms with Crippen molar-refractivity contribution in [2.45, 2.75) is 24.9 Å². The van der Waals surface area contributed by atoms with Crippen LogP contribution in [0.1, 0.15) is 24.4 Å². The molecule has 0 spiro atoms. The van der Waals surface area contributed by atoms with Crippen LogP contribution in [0.25, 0.3) is 11.1 Å². The van der Waals surface area contributed by atoms with Crippen molar-refractivity contribution in [2.24, 2.45) is 27.9 Å². The molecule has 28 heavy (non-hydrogen) atoms. The zero-order chi connectivity index (χ0) is 20.5. The summed E-state index contributed by atoms with van der Waals surface area (Å²) in [7, 11) is 0. The van der Waals surface area contributed by atoms with E-state index in [9.17, 15) is 9.59 Å². The molecule has 0 saturated heterocycles. The van der Waals surface area contributed by atoms with Gasteiger partial charge in [-0.15, -0.1) is 0 Å². The molecule has 9 N–H and O–H groups in total. The van der Waals surface area contributed by atoms with E-state index in [1.807, 2.05) is 42.5 Å². The summed E-state index contributed by atoms with van der Waals surface area (Å²) >= 11 is 0. The average molecular weight is 382 g/mol. The molecule has 2 rings (SSSR count). The van der Waals surface area contributed by atoms with Crippen LogP contribution < -0.4 is 28.3 Å². The van der Waals surface area contributed by atoms with Crippen LogP contribution in [0.3, 0.4) is 0 Å². The SMILES string of the molecule is NC(=O)C(CCCN=C(N)N)NC(=O)C(N)c1ccc(-c2ccccc2)cc1.